The molecule has 0 amide bonds. The Morgan fingerprint density at radius 1 is 1.00 bits per heavy atom. The van der Waals surface area contributed by atoms with Crippen LogP contribution in [0, 0.1) is 0 Å². The Balaban J connectivity index is 1.46. The molecule has 1 aliphatic heterocycles. The zero-order chi connectivity index (χ0) is 25.9. The molecule has 0 saturated heterocycles. The van der Waals surface area contributed by atoms with E-state index in [2.05, 4.69) is 21.2 Å². The maximum atomic E-state index is 13.7. The summed E-state index contributed by atoms with van der Waals surface area (Å²) in [6.45, 7) is 2.16. The largest absolute Gasteiger partial charge is 0.462 e. The number of carbonyl (C=O) groups is 2. The van der Waals surface area contributed by atoms with Gasteiger partial charge in [-0.25, -0.2) is 4.79 Å². The number of esters is 1. The van der Waals surface area contributed by atoms with Gasteiger partial charge in [-0.1, -0.05) is 82.1 Å². The number of halogens is 2. The highest BCUT2D eigenvalue weighted by Crippen LogP contribution is 2.46. The summed E-state index contributed by atoms with van der Waals surface area (Å²) in [5.41, 5.74) is 5.81. The third kappa shape index (κ3) is 5.58. The Kier molecular flexibility index (Phi) is 7.63. The van der Waals surface area contributed by atoms with Crippen LogP contribution in [0.2, 0.25) is 5.02 Å². The summed E-state index contributed by atoms with van der Waals surface area (Å²) in [5, 5.41) is 4.08. The molecule has 6 heteroatoms. The van der Waals surface area contributed by atoms with Crippen LogP contribution in [-0.2, 0) is 20.7 Å². The first-order chi connectivity index (χ1) is 17.9. The van der Waals surface area contributed by atoms with Gasteiger partial charge < -0.3 is 10.1 Å². The second-order valence-corrected chi connectivity index (χ2v) is 10.8. The molecule has 0 saturated carbocycles. The lowest BCUT2D eigenvalue weighted by Crippen LogP contribution is -2.36. The minimum Gasteiger partial charge on any atom is -0.462 e. The molecule has 0 spiro atoms. The van der Waals surface area contributed by atoms with E-state index in [0.717, 1.165) is 32.6 Å². The van der Waals surface area contributed by atoms with Crippen molar-refractivity contribution in [1.82, 2.24) is 5.32 Å². The molecule has 1 aliphatic carbocycles. The summed E-state index contributed by atoms with van der Waals surface area (Å²) < 4.78 is 6.65. The van der Waals surface area contributed by atoms with Crippen molar-refractivity contribution >= 4 is 39.3 Å². The van der Waals surface area contributed by atoms with E-state index >= 15 is 0 Å². The number of nitrogens with one attached hydrogen (secondary N) is 1. The average molecular weight is 577 g/mol. The van der Waals surface area contributed by atoms with Gasteiger partial charge in [0.15, 0.2) is 5.78 Å². The van der Waals surface area contributed by atoms with Crippen molar-refractivity contribution in [2.75, 3.05) is 6.61 Å². The van der Waals surface area contributed by atoms with E-state index in [-0.39, 0.29) is 18.3 Å². The van der Waals surface area contributed by atoms with Crippen molar-refractivity contribution in [1.29, 1.82) is 0 Å². The number of allylic oxidation sites excluding steroid dienone is 3. The van der Waals surface area contributed by atoms with Gasteiger partial charge in [0.25, 0.3) is 0 Å². The van der Waals surface area contributed by atoms with E-state index in [1.807, 2.05) is 85.8 Å². The molecule has 0 radical (unpaired) electrons. The van der Waals surface area contributed by atoms with Gasteiger partial charge in [0.1, 0.15) is 0 Å². The van der Waals surface area contributed by atoms with Gasteiger partial charge in [0, 0.05) is 45.2 Å². The van der Waals surface area contributed by atoms with Crippen molar-refractivity contribution in [2.45, 2.75) is 38.0 Å². The molecular weight excluding hydrogens is 550 g/mol. The number of rotatable bonds is 6. The molecule has 3 aromatic rings. The van der Waals surface area contributed by atoms with Crippen LogP contribution in [0.1, 0.15) is 48.3 Å². The molecular formula is C31H27BrClNO3. The molecule has 2 atom stereocenters. The third-order valence-corrected chi connectivity index (χ3v) is 7.78. The minimum atomic E-state index is -0.489. The number of ketones is 1. The van der Waals surface area contributed by atoms with Crippen LogP contribution >= 0.6 is 27.5 Å². The molecule has 4 nitrogen and oxygen atoms in total. The first kappa shape index (κ1) is 25.5. The number of benzene rings is 3. The predicted molar refractivity (Wildman–Crippen MR) is 149 cm³/mol. The normalized spacial score (nSPS) is 19.4. The van der Waals surface area contributed by atoms with Gasteiger partial charge >= 0.3 is 5.97 Å². The molecule has 1 N–H and O–H groups in total. The predicted octanol–water partition coefficient (Wildman–Crippen LogP) is 7.25. The van der Waals surface area contributed by atoms with E-state index < -0.39 is 11.9 Å². The van der Waals surface area contributed by atoms with Gasteiger partial charge in [-0.2, -0.15) is 0 Å². The zero-order valence-electron chi connectivity index (χ0n) is 20.5. The first-order valence-electron chi connectivity index (χ1n) is 12.4. The van der Waals surface area contributed by atoms with Crippen LogP contribution in [-0.4, -0.2) is 18.4 Å². The number of hydrogen-bond acceptors (Lipinski definition) is 4. The van der Waals surface area contributed by atoms with Gasteiger partial charge in [0.2, 0.25) is 0 Å². The maximum Gasteiger partial charge on any atom is 0.336 e. The smallest absolute Gasteiger partial charge is 0.336 e. The Bertz CT molecular complexity index is 1400. The number of hydrogen-bond donors (Lipinski definition) is 1. The topological polar surface area (TPSA) is 55.4 Å². The fourth-order valence-electron chi connectivity index (χ4n) is 5.28. The van der Waals surface area contributed by atoms with Gasteiger partial charge in [-0.3, -0.25) is 4.79 Å². The van der Waals surface area contributed by atoms with Crippen molar-refractivity contribution in [3.8, 4) is 0 Å². The van der Waals surface area contributed by atoms with Crippen molar-refractivity contribution < 1.29 is 14.3 Å². The zero-order valence-corrected chi connectivity index (χ0v) is 22.8. The van der Waals surface area contributed by atoms with Crippen LogP contribution in [0.15, 0.2) is 106 Å². The van der Waals surface area contributed by atoms with E-state index in [1.165, 1.54) is 0 Å². The average Bonchev–Trinajstić information content (AvgIpc) is 2.88. The Morgan fingerprint density at radius 3 is 2.49 bits per heavy atom. The standard InChI is InChI=1S/C31H27BrClNO3/c1-19-28(31(36)37-15-14-20-6-3-2-4-7-20)29(22-8-5-9-24(32)16-22)30-26(34-19)17-23(18-27(30)35)21-10-12-25(33)13-11-21/h2-13,16,23,29,34H,14-15,17-18H2,1H3. The molecule has 0 bridgehead atoms. The van der Waals surface area contributed by atoms with Crippen molar-refractivity contribution in [3.63, 3.8) is 0 Å². The molecule has 3 aromatic carbocycles. The third-order valence-electron chi connectivity index (χ3n) is 7.04. The monoisotopic (exact) mass is 575 g/mol. The summed E-state index contributed by atoms with van der Waals surface area (Å²) in [4.78, 5) is 27.2. The minimum absolute atomic E-state index is 0.0424. The molecule has 2 aliphatic rings. The summed E-state index contributed by atoms with van der Waals surface area (Å²) in [6, 6.07) is 25.4. The summed E-state index contributed by atoms with van der Waals surface area (Å²) in [6.07, 6.45) is 1.69. The molecule has 5 rings (SSSR count). The quantitative estimate of drug-likeness (QED) is 0.314. The summed E-state index contributed by atoms with van der Waals surface area (Å²) in [7, 11) is 0. The number of ether oxygens (including phenoxy) is 1. The van der Waals surface area contributed by atoms with Crippen LogP contribution in [0.3, 0.4) is 0 Å². The van der Waals surface area contributed by atoms with E-state index in [4.69, 9.17) is 16.3 Å². The van der Waals surface area contributed by atoms with E-state index in [1.54, 1.807) is 0 Å². The number of dihydropyridines is 1. The second kappa shape index (κ2) is 11.1. The van der Waals surface area contributed by atoms with E-state index in [0.29, 0.717) is 35.4 Å². The van der Waals surface area contributed by atoms with Gasteiger partial charge in [-0.15, -0.1) is 0 Å². The van der Waals surface area contributed by atoms with Crippen LogP contribution in [0.25, 0.3) is 0 Å². The van der Waals surface area contributed by atoms with E-state index in [9.17, 15) is 9.59 Å². The molecule has 2 unspecified atom stereocenters. The maximum absolute atomic E-state index is 13.7. The Morgan fingerprint density at radius 2 is 1.76 bits per heavy atom. The highest BCUT2D eigenvalue weighted by atomic mass is 79.9. The molecule has 0 fully saturated rings. The fourth-order valence-corrected chi connectivity index (χ4v) is 5.83. The lowest BCUT2D eigenvalue weighted by atomic mass is 9.72. The molecule has 1 heterocycles. The van der Waals surface area contributed by atoms with Crippen LogP contribution in [0.4, 0.5) is 0 Å². The SMILES string of the molecule is CC1=C(C(=O)OCCc2ccccc2)C(c2cccc(Br)c2)C2=C(CC(c3ccc(Cl)cc3)CC2=O)N1. The second-order valence-electron chi connectivity index (χ2n) is 9.50. The van der Waals surface area contributed by atoms with Crippen LogP contribution < -0.4 is 5.32 Å². The Labute approximate surface area is 230 Å². The molecule has 188 valence electrons. The molecule has 0 aromatic heterocycles. The first-order valence-corrected chi connectivity index (χ1v) is 13.5. The lowest BCUT2D eigenvalue weighted by Gasteiger charge is -2.36. The lowest BCUT2D eigenvalue weighted by molar-refractivity contribution is -0.139. The van der Waals surface area contributed by atoms with Crippen LogP contribution in [0.5, 0.6) is 0 Å². The van der Waals surface area contributed by atoms with Gasteiger partial charge in [0.05, 0.1) is 12.2 Å². The Hall–Kier alpha value is -3.15. The highest BCUT2D eigenvalue weighted by Gasteiger charge is 2.41. The molecule has 37 heavy (non-hydrogen) atoms. The fraction of sp³-hybridized carbons (Fsp3) is 0.226. The van der Waals surface area contributed by atoms with Gasteiger partial charge in [-0.05, 0) is 60.2 Å². The number of carbonyl (C=O) groups excluding carboxylic acids is 2. The number of Topliss-reactive ketones (excluding diaryl/α,β-unsaturated/α-hetero) is 1. The van der Waals surface area contributed by atoms with Crippen molar-refractivity contribution in [3.05, 3.63) is 128 Å². The summed E-state index contributed by atoms with van der Waals surface area (Å²) in [5.74, 6) is -0.797. The summed E-state index contributed by atoms with van der Waals surface area (Å²) >= 11 is 9.64. The highest BCUT2D eigenvalue weighted by molar-refractivity contribution is 9.10. The van der Waals surface area contributed by atoms with Crippen molar-refractivity contribution in [2.24, 2.45) is 0 Å².